The predicted molar refractivity (Wildman–Crippen MR) is 72.2 cm³/mol. The summed E-state index contributed by atoms with van der Waals surface area (Å²) in [6.07, 6.45) is 0. The summed E-state index contributed by atoms with van der Waals surface area (Å²) in [5.74, 6) is 0. The highest BCUT2D eigenvalue weighted by atomic mass is 35.5. The van der Waals surface area contributed by atoms with Gasteiger partial charge in [-0.25, -0.2) is 0 Å². The molecule has 0 radical (unpaired) electrons. The molecule has 84 valence electrons. The molecule has 2 nitrogen and oxygen atoms in total. The summed E-state index contributed by atoms with van der Waals surface area (Å²) < 4.78 is 0.810. The van der Waals surface area contributed by atoms with E-state index < -0.39 is 0 Å². The van der Waals surface area contributed by atoms with Crippen molar-refractivity contribution in [3.63, 3.8) is 0 Å². The molecule has 1 atom stereocenters. The molecule has 1 heterocycles. The molecule has 0 aliphatic heterocycles. The summed E-state index contributed by atoms with van der Waals surface area (Å²) in [6, 6.07) is 11.9. The van der Waals surface area contributed by atoms with E-state index >= 15 is 0 Å². The first kappa shape index (κ1) is 11.3. The van der Waals surface area contributed by atoms with Crippen LogP contribution >= 0.6 is 22.9 Å². The van der Waals surface area contributed by atoms with Gasteiger partial charge in [0.05, 0.1) is 21.8 Å². The number of nitrogens with one attached hydrogen (secondary N) is 1. The lowest BCUT2D eigenvalue weighted by Crippen LogP contribution is -2.06. The summed E-state index contributed by atoms with van der Waals surface area (Å²) in [6.45, 7) is 2.09. The zero-order valence-corrected chi connectivity index (χ0v) is 10.5. The Morgan fingerprint density at radius 2 is 2.00 bits per heavy atom. The minimum absolute atomic E-state index is 0.210. The zero-order valence-electron chi connectivity index (χ0n) is 8.91. The fourth-order valence-corrected chi connectivity index (χ4v) is 2.56. The minimum Gasteiger partial charge on any atom is -0.397 e. The molecule has 1 unspecified atom stereocenters. The molecule has 0 aliphatic carbocycles. The number of hydrogen-bond acceptors (Lipinski definition) is 3. The van der Waals surface area contributed by atoms with Crippen LogP contribution in [0.25, 0.3) is 0 Å². The molecular weight excluding hydrogens is 240 g/mol. The summed E-state index contributed by atoms with van der Waals surface area (Å²) in [5, 5.41) is 3.37. The van der Waals surface area contributed by atoms with Gasteiger partial charge in [0, 0.05) is 4.88 Å². The van der Waals surface area contributed by atoms with E-state index in [2.05, 4.69) is 12.2 Å². The van der Waals surface area contributed by atoms with Crippen LogP contribution in [0.15, 0.2) is 36.4 Å². The summed E-state index contributed by atoms with van der Waals surface area (Å²) in [7, 11) is 0. The quantitative estimate of drug-likeness (QED) is 0.805. The van der Waals surface area contributed by atoms with Crippen LogP contribution in [-0.2, 0) is 0 Å². The largest absolute Gasteiger partial charge is 0.397 e. The molecular formula is C12H13ClN2S. The first-order valence-corrected chi connectivity index (χ1v) is 6.22. The van der Waals surface area contributed by atoms with Crippen molar-refractivity contribution >= 4 is 34.3 Å². The van der Waals surface area contributed by atoms with Gasteiger partial charge >= 0.3 is 0 Å². The summed E-state index contributed by atoms with van der Waals surface area (Å²) in [4.78, 5) is 1.20. The van der Waals surface area contributed by atoms with Crippen LogP contribution in [0.5, 0.6) is 0 Å². The molecule has 0 spiro atoms. The maximum atomic E-state index is 5.90. The van der Waals surface area contributed by atoms with Crippen LogP contribution in [-0.4, -0.2) is 0 Å². The fraction of sp³-hybridized carbons (Fsp3) is 0.167. The number of rotatable bonds is 3. The molecule has 0 aliphatic rings. The van der Waals surface area contributed by atoms with Gasteiger partial charge < -0.3 is 11.1 Å². The van der Waals surface area contributed by atoms with Crippen molar-refractivity contribution in [3.8, 4) is 0 Å². The Kier molecular flexibility index (Phi) is 3.36. The average Bonchev–Trinajstić information content (AvgIpc) is 2.68. The van der Waals surface area contributed by atoms with Gasteiger partial charge in [0.15, 0.2) is 0 Å². The van der Waals surface area contributed by atoms with E-state index in [-0.39, 0.29) is 6.04 Å². The Hall–Kier alpha value is -1.19. The van der Waals surface area contributed by atoms with Gasteiger partial charge in [-0.05, 0) is 31.2 Å². The van der Waals surface area contributed by atoms with Crippen LogP contribution in [0.2, 0.25) is 4.34 Å². The van der Waals surface area contributed by atoms with E-state index in [1.807, 2.05) is 36.4 Å². The van der Waals surface area contributed by atoms with Crippen LogP contribution < -0.4 is 11.1 Å². The fourth-order valence-electron chi connectivity index (χ4n) is 1.49. The molecule has 0 amide bonds. The Bertz CT molecular complexity index is 481. The van der Waals surface area contributed by atoms with Crippen LogP contribution in [0.3, 0.4) is 0 Å². The van der Waals surface area contributed by atoms with Crippen molar-refractivity contribution < 1.29 is 0 Å². The van der Waals surface area contributed by atoms with E-state index in [1.54, 1.807) is 11.3 Å². The standard InChI is InChI=1S/C12H13ClN2S/c1-8(11-6-7-12(13)16-11)15-10-5-3-2-4-9(10)14/h2-8,15H,14H2,1H3. The molecule has 0 bridgehead atoms. The van der Waals surface area contributed by atoms with Crippen molar-refractivity contribution in [3.05, 3.63) is 45.6 Å². The lowest BCUT2D eigenvalue weighted by Gasteiger charge is -2.15. The molecule has 16 heavy (non-hydrogen) atoms. The number of hydrogen-bond donors (Lipinski definition) is 2. The van der Waals surface area contributed by atoms with E-state index in [0.29, 0.717) is 0 Å². The smallest absolute Gasteiger partial charge is 0.0932 e. The Morgan fingerprint density at radius 1 is 1.25 bits per heavy atom. The number of halogens is 1. The third kappa shape index (κ3) is 2.49. The molecule has 0 fully saturated rings. The van der Waals surface area contributed by atoms with Gasteiger partial charge in [-0.2, -0.15) is 0 Å². The molecule has 0 saturated heterocycles. The van der Waals surface area contributed by atoms with Gasteiger partial charge in [-0.15, -0.1) is 11.3 Å². The molecule has 2 rings (SSSR count). The topological polar surface area (TPSA) is 38.0 Å². The van der Waals surface area contributed by atoms with Gasteiger partial charge in [-0.3, -0.25) is 0 Å². The predicted octanol–water partition coefficient (Wildman–Crippen LogP) is 4.16. The summed E-state index contributed by atoms with van der Waals surface area (Å²) >= 11 is 7.49. The van der Waals surface area contributed by atoms with E-state index in [9.17, 15) is 0 Å². The third-order valence-electron chi connectivity index (χ3n) is 2.35. The molecule has 1 aromatic heterocycles. The number of nitrogen functional groups attached to an aromatic ring is 1. The Balaban J connectivity index is 2.13. The van der Waals surface area contributed by atoms with E-state index in [4.69, 9.17) is 17.3 Å². The second kappa shape index (κ2) is 4.76. The highest BCUT2D eigenvalue weighted by molar-refractivity contribution is 7.16. The second-order valence-electron chi connectivity index (χ2n) is 3.60. The van der Waals surface area contributed by atoms with E-state index in [0.717, 1.165) is 15.7 Å². The number of anilines is 2. The number of nitrogens with two attached hydrogens (primary N) is 1. The van der Waals surface area contributed by atoms with Crippen molar-refractivity contribution in [2.75, 3.05) is 11.1 Å². The molecule has 2 aromatic rings. The van der Waals surface area contributed by atoms with Crippen molar-refractivity contribution in [1.82, 2.24) is 0 Å². The lowest BCUT2D eigenvalue weighted by molar-refractivity contribution is 0.909. The number of benzene rings is 1. The van der Waals surface area contributed by atoms with Crippen LogP contribution in [0.1, 0.15) is 17.8 Å². The average molecular weight is 253 g/mol. The monoisotopic (exact) mass is 252 g/mol. The highest BCUT2D eigenvalue weighted by Crippen LogP contribution is 2.30. The third-order valence-corrected chi connectivity index (χ3v) is 3.77. The molecule has 3 N–H and O–H groups in total. The van der Waals surface area contributed by atoms with E-state index in [1.165, 1.54) is 4.88 Å². The van der Waals surface area contributed by atoms with Gasteiger partial charge in [0.2, 0.25) is 0 Å². The maximum Gasteiger partial charge on any atom is 0.0932 e. The number of thiophene rings is 1. The molecule has 0 saturated carbocycles. The maximum absolute atomic E-state index is 5.90. The van der Waals surface area contributed by atoms with Crippen molar-refractivity contribution in [2.45, 2.75) is 13.0 Å². The zero-order chi connectivity index (χ0) is 11.5. The van der Waals surface area contributed by atoms with Crippen LogP contribution in [0.4, 0.5) is 11.4 Å². The van der Waals surface area contributed by atoms with Crippen molar-refractivity contribution in [1.29, 1.82) is 0 Å². The van der Waals surface area contributed by atoms with Crippen molar-refractivity contribution in [2.24, 2.45) is 0 Å². The molecule has 4 heteroatoms. The normalized spacial score (nSPS) is 12.4. The molecule has 1 aromatic carbocycles. The highest BCUT2D eigenvalue weighted by Gasteiger charge is 2.08. The SMILES string of the molecule is CC(Nc1ccccc1N)c1ccc(Cl)s1. The number of para-hydroxylation sites is 2. The first-order chi connectivity index (χ1) is 7.66. The van der Waals surface area contributed by atoms with Gasteiger partial charge in [0.25, 0.3) is 0 Å². The minimum atomic E-state index is 0.210. The van der Waals surface area contributed by atoms with Gasteiger partial charge in [-0.1, -0.05) is 23.7 Å². The summed E-state index contributed by atoms with van der Waals surface area (Å²) in [5.41, 5.74) is 7.59. The second-order valence-corrected chi connectivity index (χ2v) is 5.34. The first-order valence-electron chi connectivity index (χ1n) is 5.03. The lowest BCUT2D eigenvalue weighted by atomic mass is 10.2. The van der Waals surface area contributed by atoms with Gasteiger partial charge in [0.1, 0.15) is 0 Å². The Labute approximate surface area is 104 Å². The van der Waals surface area contributed by atoms with Crippen LogP contribution in [0, 0.1) is 0 Å². The Morgan fingerprint density at radius 3 is 2.62 bits per heavy atom.